The summed E-state index contributed by atoms with van der Waals surface area (Å²) in [6, 6.07) is 6.69. The van der Waals surface area contributed by atoms with Gasteiger partial charge in [-0.1, -0.05) is 18.2 Å². The molecule has 0 saturated heterocycles. The van der Waals surface area contributed by atoms with Gasteiger partial charge in [0.2, 0.25) is 0 Å². The van der Waals surface area contributed by atoms with Gasteiger partial charge >= 0.3 is 0 Å². The number of aliphatic hydroxyl groups is 1. The molecule has 1 aromatic carbocycles. The summed E-state index contributed by atoms with van der Waals surface area (Å²) in [4.78, 5) is 10.4. The fraction of sp³-hybridized carbons (Fsp3) is 0.455. The van der Waals surface area contributed by atoms with Crippen molar-refractivity contribution >= 4 is 5.69 Å². The minimum Gasteiger partial charge on any atom is -0.396 e. The highest BCUT2D eigenvalue weighted by molar-refractivity contribution is 5.43. The number of hydrogen-bond donors (Lipinski definition) is 1. The van der Waals surface area contributed by atoms with Crippen molar-refractivity contribution in [2.45, 2.75) is 18.8 Å². The second-order valence-corrected chi connectivity index (χ2v) is 3.94. The molecule has 4 heteroatoms. The van der Waals surface area contributed by atoms with Gasteiger partial charge in [-0.15, -0.1) is 0 Å². The number of hydrogen-bond acceptors (Lipinski definition) is 3. The number of aliphatic hydroxyl groups excluding tert-OH is 1. The van der Waals surface area contributed by atoms with E-state index >= 15 is 0 Å². The van der Waals surface area contributed by atoms with Crippen molar-refractivity contribution in [1.29, 1.82) is 0 Å². The Morgan fingerprint density at radius 2 is 2.13 bits per heavy atom. The van der Waals surface area contributed by atoms with Crippen LogP contribution in [0.4, 0.5) is 5.69 Å². The summed E-state index contributed by atoms with van der Waals surface area (Å²) in [6.45, 7) is -0.00444. The molecule has 1 atom stereocenters. The first-order valence-electron chi connectivity index (χ1n) is 5.08. The van der Waals surface area contributed by atoms with Gasteiger partial charge in [0, 0.05) is 17.5 Å². The molecule has 0 spiro atoms. The average molecular weight is 207 g/mol. The van der Waals surface area contributed by atoms with Crippen molar-refractivity contribution in [3.05, 3.63) is 39.9 Å². The van der Waals surface area contributed by atoms with Gasteiger partial charge < -0.3 is 5.11 Å². The maximum Gasteiger partial charge on any atom is 0.272 e. The van der Waals surface area contributed by atoms with Gasteiger partial charge in [-0.3, -0.25) is 10.1 Å². The first-order valence-corrected chi connectivity index (χ1v) is 5.08. The highest BCUT2D eigenvalue weighted by atomic mass is 16.6. The molecule has 0 amide bonds. The lowest BCUT2D eigenvalue weighted by Gasteiger charge is -2.13. The van der Waals surface area contributed by atoms with Crippen molar-refractivity contribution in [1.82, 2.24) is 0 Å². The third-order valence-corrected chi connectivity index (χ3v) is 2.92. The van der Waals surface area contributed by atoms with E-state index in [4.69, 9.17) is 0 Å². The quantitative estimate of drug-likeness (QED) is 0.607. The maximum atomic E-state index is 10.8. The van der Waals surface area contributed by atoms with Crippen molar-refractivity contribution in [3.63, 3.8) is 0 Å². The second kappa shape index (κ2) is 3.98. The maximum absolute atomic E-state index is 10.8. The molecule has 1 unspecified atom stereocenters. The van der Waals surface area contributed by atoms with Gasteiger partial charge in [0.1, 0.15) is 0 Å². The molecule has 80 valence electrons. The summed E-state index contributed by atoms with van der Waals surface area (Å²) in [5.41, 5.74) is 0.802. The van der Waals surface area contributed by atoms with Crippen LogP contribution >= 0.6 is 0 Å². The Morgan fingerprint density at radius 3 is 2.67 bits per heavy atom. The van der Waals surface area contributed by atoms with Crippen LogP contribution in [0.5, 0.6) is 0 Å². The first kappa shape index (κ1) is 10.1. The highest BCUT2D eigenvalue weighted by Crippen LogP contribution is 2.44. The summed E-state index contributed by atoms with van der Waals surface area (Å²) >= 11 is 0. The number of benzene rings is 1. The zero-order valence-corrected chi connectivity index (χ0v) is 8.30. The standard InChI is InChI=1S/C11H13NO3/c13-7-10(8-5-6-8)9-3-1-2-4-11(9)12(14)15/h1-4,8,10,13H,5-7H2. The van der Waals surface area contributed by atoms with Gasteiger partial charge in [-0.05, 0) is 18.8 Å². The van der Waals surface area contributed by atoms with Crippen LogP contribution in [0.2, 0.25) is 0 Å². The molecule has 1 saturated carbocycles. The summed E-state index contributed by atoms with van der Waals surface area (Å²) in [6.07, 6.45) is 2.13. The van der Waals surface area contributed by atoms with Crippen LogP contribution in [0.15, 0.2) is 24.3 Å². The summed E-state index contributed by atoms with van der Waals surface area (Å²) in [5.74, 6) is 0.364. The molecule has 1 aliphatic carbocycles. The zero-order valence-electron chi connectivity index (χ0n) is 8.30. The molecule has 15 heavy (non-hydrogen) atoms. The van der Waals surface area contributed by atoms with Crippen molar-refractivity contribution < 1.29 is 10.0 Å². The predicted molar refractivity (Wildman–Crippen MR) is 55.6 cm³/mol. The minimum atomic E-state index is -0.375. The molecule has 0 aliphatic heterocycles. The SMILES string of the molecule is O=[N+]([O-])c1ccccc1C(CO)C1CC1. The summed E-state index contributed by atoms with van der Waals surface area (Å²) < 4.78 is 0. The molecule has 0 aromatic heterocycles. The highest BCUT2D eigenvalue weighted by Gasteiger charge is 2.35. The van der Waals surface area contributed by atoms with Gasteiger partial charge in [-0.2, -0.15) is 0 Å². The van der Waals surface area contributed by atoms with Crippen LogP contribution < -0.4 is 0 Å². The smallest absolute Gasteiger partial charge is 0.272 e. The average Bonchev–Trinajstić information content (AvgIpc) is 3.04. The van der Waals surface area contributed by atoms with Crippen LogP contribution in [0.3, 0.4) is 0 Å². The van der Waals surface area contributed by atoms with E-state index in [1.54, 1.807) is 18.2 Å². The summed E-state index contributed by atoms with van der Waals surface area (Å²) in [7, 11) is 0. The molecule has 0 radical (unpaired) electrons. The lowest BCUT2D eigenvalue weighted by Crippen LogP contribution is -2.09. The largest absolute Gasteiger partial charge is 0.396 e. The van der Waals surface area contributed by atoms with E-state index in [-0.39, 0.29) is 23.1 Å². The van der Waals surface area contributed by atoms with E-state index in [1.807, 2.05) is 0 Å². The van der Waals surface area contributed by atoms with Crippen LogP contribution in [0.25, 0.3) is 0 Å². The minimum absolute atomic E-state index is 0.00444. The Bertz CT molecular complexity index is 374. The molecular formula is C11H13NO3. The monoisotopic (exact) mass is 207 g/mol. The molecule has 1 fully saturated rings. The lowest BCUT2D eigenvalue weighted by molar-refractivity contribution is -0.385. The number of para-hydroxylation sites is 1. The van der Waals surface area contributed by atoms with Gasteiger partial charge in [0.05, 0.1) is 11.5 Å². The molecule has 0 heterocycles. The molecule has 2 rings (SSSR count). The third kappa shape index (κ3) is 1.99. The van der Waals surface area contributed by atoms with E-state index in [0.717, 1.165) is 12.8 Å². The zero-order chi connectivity index (χ0) is 10.8. The van der Waals surface area contributed by atoms with E-state index < -0.39 is 0 Å². The van der Waals surface area contributed by atoms with Crippen LogP contribution in [0.1, 0.15) is 24.3 Å². The van der Waals surface area contributed by atoms with Crippen LogP contribution in [0, 0.1) is 16.0 Å². The Hall–Kier alpha value is -1.42. The molecular weight excluding hydrogens is 194 g/mol. The van der Waals surface area contributed by atoms with Crippen molar-refractivity contribution in [2.75, 3.05) is 6.61 Å². The molecule has 1 aromatic rings. The number of nitro groups is 1. The van der Waals surface area contributed by atoms with Crippen LogP contribution in [-0.2, 0) is 0 Å². The van der Waals surface area contributed by atoms with Gasteiger partial charge in [0.15, 0.2) is 0 Å². The molecule has 1 aliphatic rings. The first-order chi connectivity index (χ1) is 7.24. The van der Waals surface area contributed by atoms with E-state index in [2.05, 4.69) is 0 Å². The number of rotatable bonds is 4. The lowest BCUT2D eigenvalue weighted by atomic mass is 9.93. The Labute approximate surface area is 87.7 Å². The van der Waals surface area contributed by atoms with E-state index in [9.17, 15) is 15.2 Å². The fourth-order valence-corrected chi connectivity index (χ4v) is 1.97. The molecule has 0 bridgehead atoms. The predicted octanol–water partition coefficient (Wildman–Crippen LogP) is 2.08. The van der Waals surface area contributed by atoms with E-state index in [0.29, 0.717) is 11.5 Å². The molecule has 4 nitrogen and oxygen atoms in total. The fourth-order valence-electron chi connectivity index (χ4n) is 1.97. The Kier molecular flexibility index (Phi) is 2.68. The van der Waals surface area contributed by atoms with Gasteiger partial charge in [0.25, 0.3) is 5.69 Å². The van der Waals surface area contributed by atoms with Crippen LogP contribution in [-0.4, -0.2) is 16.6 Å². The van der Waals surface area contributed by atoms with Crippen molar-refractivity contribution in [2.24, 2.45) is 5.92 Å². The van der Waals surface area contributed by atoms with Gasteiger partial charge in [-0.25, -0.2) is 0 Å². The third-order valence-electron chi connectivity index (χ3n) is 2.92. The second-order valence-electron chi connectivity index (χ2n) is 3.94. The van der Waals surface area contributed by atoms with E-state index in [1.165, 1.54) is 6.07 Å². The topological polar surface area (TPSA) is 63.4 Å². The summed E-state index contributed by atoms with van der Waals surface area (Å²) in [5, 5.41) is 20.1. The number of nitrogens with zero attached hydrogens (tertiary/aromatic N) is 1. The Balaban J connectivity index is 2.36. The number of nitro benzene ring substituents is 1. The normalized spacial score (nSPS) is 17.4. The van der Waals surface area contributed by atoms with Crippen molar-refractivity contribution in [3.8, 4) is 0 Å². The molecule has 1 N–H and O–H groups in total. The Morgan fingerprint density at radius 1 is 1.47 bits per heavy atom.